The number of hydrogen-bond donors (Lipinski definition) is 0. The highest BCUT2D eigenvalue weighted by molar-refractivity contribution is 5.85. The summed E-state index contributed by atoms with van der Waals surface area (Å²) in [6, 6.07) is 19.7. The minimum atomic E-state index is -0.318. The molecule has 0 aliphatic heterocycles. The van der Waals surface area contributed by atoms with E-state index in [0.717, 1.165) is 24.0 Å². The Hall–Kier alpha value is -3.41. The van der Waals surface area contributed by atoms with Gasteiger partial charge in [-0.2, -0.15) is 0 Å². The molecule has 0 atom stereocenters. The summed E-state index contributed by atoms with van der Waals surface area (Å²) in [5, 5.41) is 0. The lowest BCUT2D eigenvalue weighted by Gasteiger charge is -2.27. The highest BCUT2D eigenvalue weighted by Gasteiger charge is 2.34. The maximum absolute atomic E-state index is 13.3. The Labute approximate surface area is 187 Å². The molecule has 166 valence electrons. The van der Waals surface area contributed by atoms with Gasteiger partial charge in [0.2, 0.25) is 11.8 Å². The third-order valence-corrected chi connectivity index (χ3v) is 5.65. The van der Waals surface area contributed by atoms with Gasteiger partial charge in [-0.25, -0.2) is 4.39 Å². The van der Waals surface area contributed by atoms with Crippen LogP contribution in [0.25, 0.3) is 0 Å². The van der Waals surface area contributed by atoms with Crippen molar-refractivity contribution in [2.75, 3.05) is 6.54 Å². The van der Waals surface area contributed by atoms with Gasteiger partial charge in [0, 0.05) is 19.0 Å². The van der Waals surface area contributed by atoms with Crippen LogP contribution >= 0.6 is 0 Å². The molecule has 6 heteroatoms. The van der Waals surface area contributed by atoms with Crippen LogP contribution < -0.4 is 0 Å². The highest BCUT2D eigenvalue weighted by Crippen LogP contribution is 2.28. The zero-order valence-corrected chi connectivity index (χ0v) is 18.0. The molecule has 2 amide bonds. The Balaban J connectivity index is 1.43. The largest absolute Gasteiger partial charge is 0.467 e. The van der Waals surface area contributed by atoms with Crippen LogP contribution in [0.4, 0.5) is 4.39 Å². The third-order valence-electron chi connectivity index (χ3n) is 5.65. The van der Waals surface area contributed by atoms with Crippen LogP contribution in [0.1, 0.15) is 36.1 Å². The molecular weight excluding hydrogens is 407 g/mol. The van der Waals surface area contributed by atoms with E-state index in [4.69, 9.17) is 4.42 Å². The Bertz CT molecular complexity index is 1010. The van der Waals surface area contributed by atoms with Crippen molar-refractivity contribution in [3.63, 3.8) is 0 Å². The van der Waals surface area contributed by atoms with Crippen LogP contribution in [0.3, 0.4) is 0 Å². The summed E-state index contributed by atoms with van der Waals surface area (Å²) in [6.45, 7) is 0.649. The van der Waals surface area contributed by atoms with Crippen molar-refractivity contribution >= 4 is 11.8 Å². The van der Waals surface area contributed by atoms with Crippen LogP contribution in [0.2, 0.25) is 0 Å². The van der Waals surface area contributed by atoms with Gasteiger partial charge in [0.15, 0.2) is 0 Å². The summed E-state index contributed by atoms with van der Waals surface area (Å²) < 4.78 is 18.7. The minimum Gasteiger partial charge on any atom is -0.467 e. The number of benzene rings is 2. The van der Waals surface area contributed by atoms with Gasteiger partial charge in [0.25, 0.3) is 0 Å². The average Bonchev–Trinajstić information content (AvgIpc) is 3.52. The van der Waals surface area contributed by atoms with E-state index < -0.39 is 0 Å². The Morgan fingerprint density at radius 1 is 0.875 bits per heavy atom. The van der Waals surface area contributed by atoms with Crippen LogP contribution in [0.15, 0.2) is 77.4 Å². The van der Waals surface area contributed by atoms with E-state index in [1.54, 1.807) is 34.3 Å². The summed E-state index contributed by atoms with van der Waals surface area (Å²) in [5.74, 6) is 0.200. The smallest absolute Gasteiger partial charge is 0.242 e. The molecule has 0 bridgehead atoms. The molecule has 2 aromatic carbocycles. The fraction of sp³-hybridized carbons (Fsp3) is 0.308. The van der Waals surface area contributed by atoms with Gasteiger partial charge >= 0.3 is 0 Å². The lowest BCUT2D eigenvalue weighted by Crippen LogP contribution is -2.43. The number of rotatable bonds is 10. The van der Waals surface area contributed by atoms with Gasteiger partial charge in [0.05, 0.1) is 12.8 Å². The van der Waals surface area contributed by atoms with Crippen molar-refractivity contribution in [2.24, 2.45) is 0 Å². The summed E-state index contributed by atoms with van der Waals surface area (Å²) in [7, 11) is 0. The second-order valence-electron chi connectivity index (χ2n) is 8.19. The molecule has 32 heavy (non-hydrogen) atoms. The maximum atomic E-state index is 13.3. The normalized spacial score (nSPS) is 13.0. The first kappa shape index (κ1) is 21.8. The quantitative estimate of drug-likeness (QED) is 0.470. The zero-order chi connectivity index (χ0) is 22.3. The molecule has 0 saturated heterocycles. The molecule has 3 aromatic rings. The summed E-state index contributed by atoms with van der Waals surface area (Å²) in [5.41, 5.74) is 1.93. The molecule has 0 unspecified atom stereocenters. The lowest BCUT2D eigenvalue weighted by molar-refractivity contribution is -0.141. The first-order valence-electron chi connectivity index (χ1n) is 11.0. The molecular formula is C26H27FN2O3. The molecule has 1 fully saturated rings. The number of carbonyl (C=O) groups excluding carboxylic acids is 2. The molecule has 4 rings (SSSR count). The van der Waals surface area contributed by atoms with Crippen LogP contribution in [-0.4, -0.2) is 34.2 Å². The molecule has 0 radical (unpaired) electrons. The number of halogens is 1. The van der Waals surface area contributed by atoms with Gasteiger partial charge in [-0.05, 0) is 54.7 Å². The van der Waals surface area contributed by atoms with E-state index in [2.05, 4.69) is 0 Å². The number of furan rings is 1. The number of amides is 2. The Kier molecular flexibility index (Phi) is 7.00. The number of nitrogens with zero attached hydrogens (tertiary/aromatic N) is 2. The predicted octanol–water partition coefficient (Wildman–Crippen LogP) is 4.57. The lowest BCUT2D eigenvalue weighted by atomic mass is 10.1. The van der Waals surface area contributed by atoms with Crippen molar-refractivity contribution in [3.05, 3.63) is 95.7 Å². The second-order valence-corrected chi connectivity index (χ2v) is 8.19. The summed E-state index contributed by atoms with van der Waals surface area (Å²) >= 11 is 0. The number of hydrogen-bond acceptors (Lipinski definition) is 3. The number of aryl methyl sites for hydroxylation is 1. The van der Waals surface area contributed by atoms with E-state index >= 15 is 0 Å². The molecule has 1 aromatic heterocycles. The third kappa shape index (κ3) is 6.06. The zero-order valence-electron chi connectivity index (χ0n) is 18.0. The standard InChI is InChI=1S/C26H27FN2O3/c27-22-11-8-21(9-12-22)17-28(18-24-7-4-16-32-24)26(31)19-29(23-13-14-23)25(30)15-10-20-5-2-1-3-6-20/h1-9,11-12,16,23H,10,13-15,17-19H2. The minimum absolute atomic E-state index is 0.00411. The fourth-order valence-electron chi connectivity index (χ4n) is 3.73. The first-order valence-corrected chi connectivity index (χ1v) is 11.0. The molecule has 1 aliphatic rings. The van der Waals surface area contributed by atoms with Crippen LogP contribution in [-0.2, 0) is 29.1 Å². The first-order chi connectivity index (χ1) is 15.6. The molecule has 1 aliphatic carbocycles. The summed E-state index contributed by atoms with van der Waals surface area (Å²) in [4.78, 5) is 29.6. The van der Waals surface area contributed by atoms with E-state index in [1.165, 1.54) is 12.1 Å². The van der Waals surface area contributed by atoms with E-state index in [1.807, 2.05) is 36.4 Å². The van der Waals surface area contributed by atoms with Gasteiger partial charge in [0.1, 0.15) is 18.1 Å². The van der Waals surface area contributed by atoms with E-state index in [0.29, 0.717) is 31.7 Å². The fourth-order valence-corrected chi connectivity index (χ4v) is 3.73. The molecule has 1 saturated carbocycles. The van der Waals surface area contributed by atoms with Crippen LogP contribution in [0, 0.1) is 5.82 Å². The monoisotopic (exact) mass is 434 g/mol. The Morgan fingerprint density at radius 2 is 1.62 bits per heavy atom. The SMILES string of the molecule is O=C(CN(C(=O)CCc1ccccc1)C1CC1)N(Cc1ccc(F)cc1)Cc1ccco1. The van der Waals surface area contributed by atoms with Gasteiger partial charge in [-0.1, -0.05) is 42.5 Å². The molecule has 5 nitrogen and oxygen atoms in total. The van der Waals surface area contributed by atoms with Crippen molar-refractivity contribution < 1.29 is 18.4 Å². The molecule has 1 heterocycles. The van der Waals surface area contributed by atoms with Gasteiger partial charge < -0.3 is 14.2 Å². The van der Waals surface area contributed by atoms with Crippen LogP contribution in [0.5, 0.6) is 0 Å². The topological polar surface area (TPSA) is 53.8 Å². The number of carbonyl (C=O) groups is 2. The maximum Gasteiger partial charge on any atom is 0.242 e. The average molecular weight is 435 g/mol. The van der Waals surface area contributed by atoms with Gasteiger partial charge in [-0.3, -0.25) is 9.59 Å². The van der Waals surface area contributed by atoms with Crippen molar-refractivity contribution in [3.8, 4) is 0 Å². The highest BCUT2D eigenvalue weighted by atomic mass is 19.1. The second kappa shape index (κ2) is 10.3. The summed E-state index contributed by atoms with van der Waals surface area (Å²) in [6.07, 6.45) is 4.47. The van der Waals surface area contributed by atoms with Crippen molar-refractivity contribution in [2.45, 2.75) is 44.8 Å². The van der Waals surface area contributed by atoms with E-state index in [-0.39, 0.29) is 30.2 Å². The Morgan fingerprint density at radius 3 is 2.28 bits per heavy atom. The van der Waals surface area contributed by atoms with Crippen molar-refractivity contribution in [1.82, 2.24) is 9.80 Å². The molecule has 0 N–H and O–H groups in total. The van der Waals surface area contributed by atoms with Crippen molar-refractivity contribution in [1.29, 1.82) is 0 Å². The predicted molar refractivity (Wildman–Crippen MR) is 119 cm³/mol. The molecule has 0 spiro atoms. The van der Waals surface area contributed by atoms with E-state index in [9.17, 15) is 14.0 Å². The van der Waals surface area contributed by atoms with Gasteiger partial charge in [-0.15, -0.1) is 0 Å².